The Balaban J connectivity index is 2.74. The standard InChI is InChI=1S/C9H10F3N3O3/c1-5-2-15(8(18)14-7(5)17)3-6(16)13-4-9(10,11)12/h2H,3-4H2,1H3,(H,13,16)(H,14,17,18). The molecule has 0 spiro atoms. The maximum atomic E-state index is 11.8. The summed E-state index contributed by atoms with van der Waals surface area (Å²) in [5.41, 5.74) is -1.28. The fraction of sp³-hybridized carbons (Fsp3) is 0.444. The summed E-state index contributed by atoms with van der Waals surface area (Å²) in [7, 11) is 0. The Morgan fingerprint density at radius 3 is 2.61 bits per heavy atom. The van der Waals surface area contributed by atoms with Crippen LogP contribution in [-0.2, 0) is 11.3 Å². The van der Waals surface area contributed by atoms with Gasteiger partial charge >= 0.3 is 11.9 Å². The summed E-state index contributed by atoms with van der Waals surface area (Å²) in [5.74, 6) is -0.971. The molecule has 6 nitrogen and oxygen atoms in total. The third kappa shape index (κ3) is 4.07. The van der Waals surface area contributed by atoms with Crippen molar-refractivity contribution in [2.75, 3.05) is 6.54 Å². The number of hydrogen-bond acceptors (Lipinski definition) is 3. The minimum atomic E-state index is -4.51. The minimum Gasteiger partial charge on any atom is -0.345 e. The van der Waals surface area contributed by atoms with Crippen molar-refractivity contribution < 1.29 is 18.0 Å². The quantitative estimate of drug-likeness (QED) is 0.774. The molecule has 0 saturated heterocycles. The molecule has 2 N–H and O–H groups in total. The number of alkyl halides is 3. The van der Waals surface area contributed by atoms with Gasteiger partial charge in [0, 0.05) is 11.8 Å². The monoisotopic (exact) mass is 265 g/mol. The summed E-state index contributed by atoms with van der Waals surface area (Å²) in [6, 6.07) is 0. The molecule has 0 unspecified atom stereocenters. The molecule has 0 radical (unpaired) electrons. The zero-order chi connectivity index (χ0) is 13.9. The van der Waals surface area contributed by atoms with Gasteiger partial charge in [-0.2, -0.15) is 13.2 Å². The minimum absolute atomic E-state index is 0.179. The topological polar surface area (TPSA) is 84.0 Å². The first-order valence-corrected chi connectivity index (χ1v) is 4.83. The van der Waals surface area contributed by atoms with Crippen LogP contribution in [0.15, 0.2) is 15.8 Å². The molecule has 0 bridgehead atoms. The number of halogens is 3. The number of hydrogen-bond donors (Lipinski definition) is 2. The van der Waals surface area contributed by atoms with Crippen LogP contribution in [0, 0.1) is 6.92 Å². The van der Waals surface area contributed by atoms with Crippen molar-refractivity contribution >= 4 is 5.91 Å². The van der Waals surface area contributed by atoms with Crippen LogP contribution in [0.25, 0.3) is 0 Å². The lowest BCUT2D eigenvalue weighted by atomic mass is 10.4. The summed E-state index contributed by atoms with van der Waals surface area (Å²) < 4.78 is 36.3. The van der Waals surface area contributed by atoms with Crippen molar-refractivity contribution in [2.45, 2.75) is 19.6 Å². The first kappa shape index (κ1) is 14.0. The molecule has 9 heteroatoms. The van der Waals surface area contributed by atoms with E-state index >= 15 is 0 Å². The number of amides is 1. The molecule has 0 atom stereocenters. The Kier molecular flexibility index (Phi) is 3.94. The molecule has 1 aromatic heterocycles. The lowest BCUT2D eigenvalue weighted by molar-refractivity contribution is -0.138. The molecule has 100 valence electrons. The highest BCUT2D eigenvalue weighted by Crippen LogP contribution is 2.11. The van der Waals surface area contributed by atoms with Crippen molar-refractivity contribution in [3.63, 3.8) is 0 Å². The number of aryl methyl sites for hydroxylation is 1. The number of rotatable bonds is 3. The van der Waals surface area contributed by atoms with Gasteiger partial charge in [-0.15, -0.1) is 0 Å². The SMILES string of the molecule is Cc1cn(CC(=O)NCC(F)(F)F)c(=O)[nH]c1=O. The molecule has 1 heterocycles. The van der Waals surface area contributed by atoms with Gasteiger partial charge in [0.15, 0.2) is 0 Å². The van der Waals surface area contributed by atoms with E-state index in [2.05, 4.69) is 0 Å². The summed E-state index contributed by atoms with van der Waals surface area (Å²) in [5, 5.41) is 1.62. The highest BCUT2D eigenvalue weighted by atomic mass is 19.4. The van der Waals surface area contributed by atoms with Crippen molar-refractivity contribution in [1.82, 2.24) is 14.9 Å². The van der Waals surface area contributed by atoms with Gasteiger partial charge in [0.1, 0.15) is 13.1 Å². The average Bonchev–Trinajstić information content (AvgIpc) is 2.22. The maximum Gasteiger partial charge on any atom is 0.405 e. The number of carbonyl (C=O) groups excluding carboxylic acids is 1. The molecule has 0 fully saturated rings. The van der Waals surface area contributed by atoms with Crippen LogP contribution in [0.5, 0.6) is 0 Å². The van der Waals surface area contributed by atoms with Gasteiger partial charge in [0.2, 0.25) is 5.91 Å². The molecule has 0 aliphatic rings. The largest absolute Gasteiger partial charge is 0.405 e. The van der Waals surface area contributed by atoms with E-state index in [0.29, 0.717) is 0 Å². The summed E-state index contributed by atoms with van der Waals surface area (Å²) in [6.45, 7) is -0.655. The second-order valence-corrected chi connectivity index (χ2v) is 3.59. The summed E-state index contributed by atoms with van der Waals surface area (Å²) in [6.07, 6.45) is -3.41. The first-order valence-electron chi connectivity index (χ1n) is 4.83. The summed E-state index contributed by atoms with van der Waals surface area (Å²) in [4.78, 5) is 35.3. The number of carbonyl (C=O) groups is 1. The number of nitrogens with zero attached hydrogens (tertiary/aromatic N) is 1. The van der Waals surface area contributed by atoms with Crippen molar-refractivity contribution in [2.24, 2.45) is 0 Å². The molecule has 0 aliphatic carbocycles. The van der Waals surface area contributed by atoms with Crippen LogP contribution in [-0.4, -0.2) is 28.2 Å². The van der Waals surface area contributed by atoms with E-state index in [1.807, 2.05) is 4.98 Å². The van der Waals surface area contributed by atoms with E-state index in [0.717, 1.165) is 10.8 Å². The molecule has 1 aromatic rings. The van der Waals surface area contributed by atoms with Crippen LogP contribution in [0.2, 0.25) is 0 Å². The van der Waals surface area contributed by atoms with Crippen LogP contribution in [0.3, 0.4) is 0 Å². The van der Waals surface area contributed by atoms with E-state index < -0.39 is 36.4 Å². The van der Waals surface area contributed by atoms with Crippen molar-refractivity contribution in [3.8, 4) is 0 Å². The third-order valence-electron chi connectivity index (χ3n) is 1.99. The second kappa shape index (κ2) is 5.07. The van der Waals surface area contributed by atoms with E-state index in [1.165, 1.54) is 6.92 Å². The van der Waals surface area contributed by atoms with Crippen molar-refractivity contribution in [1.29, 1.82) is 0 Å². The lowest BCUT2D eigenvalue weighted by Crippen LogP contribution is -2.39. The second-order valence-electron chi connectivity index (χ2n) is 3.59. The zero-order valence-corrected chi connectivity index (χ0v) is 9.30. The molecule has 0 aromatic carbocycles. The first-order chi connectivity index (χ1) is 8.19. The molecule has 0 aliphatic heterocycles. The Hall–Kier alpha value is -2.06. The van der Waals surface area contributed by atoms with Gasteiger partial charge in [-0.1, -0.05) is 0 Å². The van der Waals surface area contributed by atoms with Crippen LogP contribution < -0.4 is 16.6 Å². The van der Waals surface area contributed by atoms with Gasteiger partial charge in [-0.05, 0) is 6.92 Å². The van der Waals surface area contributed by atoms with Gasteiger partial charge < -0.3 is 5.32 Å². The smallest absolute Gasteiger partial charge is 0.345 e. The van der Waals surface area contributed by atoms with Crippen LogP contribution in [0.1, 0.15) is 5.56 Å². The third-order valence-corrected chi connectivity index (χ3v) is 1.99. The average molecular weight is 265 g/mol. The highest BCUT2D eigenvalue weighted by Gasteiger charge is 2.27. The molecule has 1 rings (SSSR count). The predicted octanol–water partition coefficient (Wildman–Crippen LogP) is -0.476. The van der Waals surface area contributed by atoms with Gasteiger partial charge in [0.05, 0.1) is 0 Å². The molecular weight excluding hydrogens is 255 g/mol. The Labute approximate surface area is 98.4 Å². The fourth-order valence-corrected chi connectivity index (χ4v) is 1.15. The molecule has 0 saturated carbocycles. The number of H-pyrrole nitrogens is 1. The highest BCUT2D eigenvalue weighted by molar-refractivity contribution is 5.75. The Morgan fingerprint density at radius 1 is 1.44 bits per heavy atom. The normalized spacial score (nSPS) is 11.3. The lowest BCUT2D eigenvalue weighted by Gasteiger charge is -2.09. The van der Waals surface area contributed by atoms with Gasteiger partial charge in [-0.3, -0.25) is 19.1 Å². The van der Waals surface area contributed by atoms with E-state index in [9.17, 15) is 27.6 Å². The molecular formula is C9H10F3N3O3. The Bertz CT molecular complexity index is 559. The summed E-state index contributed by atoms with van der Waals surface area (Å²) >= 11 is 0. The van der Waals surface area contributed by atoms with Crippen LogP contribution in [0.4, 0.5) is 13.2 Å². The van der Waals surface area contributed by atoms with Gasteiger partial charge in [0.25, 0.3) is 5.56 Å². The van der Waals surface area contributed by atoms with E-state index in [4.69, 9.17) is 0 Å². The number of aromatic nitrogens is 2. The predicted molar refractivity (Wildman–Crippen MR) is 55.1 cm³/mol. The number of aromatic amines is 1. The Morgan fingerprint density at radius 2 is 2.06 bits per heavy atom. The van der Waals surface area contributed by atoms with E-state index in [-0.39, 0.29) is 5.56 Å². The maximum absolute atomic E-state index is 11.8. The molecule has 18 heavy (non-hydrogen) atoms. The fourth-order valence-electron chi connectivity index (χ4n) is 1.15. The number of nitrogens with one attached hydrogen (secondary N) is 2. The zero-order valence-electron chi connectivity index (χ0n) is 9.30. The van der Waals surface area contributed by atoms with Crippen LogP contribution >= 0.6 is 0 Å². The van der Waals surface area contributed by atoms with E-state index in [1.54, 1.807) is 5.32 Å². The van der Waals surface area contributed by atoms with Gasteiger partial charge in [-0.25, -0.2) is 4.79 Å². The molecule has 1 amide bonds. The van der Waals surface area contributed by atoms with Crippen molar-refractivity contribution in [3.05, 3.63) is 32.6 Å².